The molecule has 1 aliphatic carbocycles. The molecule has 0 radical (unpaired) electrons. The van der Waals surface area contributed by atoms with Crippen LogP contribution < -0.4 is 21.3 Å². The lowest BCUT2D eigenvalue weighted by Crippen LogP contribution is -2.37. The molecule has 1 aliphatic heterocycles. The standard InChI is InChI=1S/C23H19N3O4/c1-3-30-13-10-8-12(9-11-13)16-17-19(14-6-4-5-7-15(14)20(17)27)24-21-18(16)22(28)25-23(29)26(21)2/h4-11,16,24H,3H2,1-2H3,(H,25,28,29)/t16-/m1/s1. The predicted molar refractivity (Wildman–Crippen MR) is 113 cm³/mol. The maximum atomic E-state index is 13.4. The third-order valence-corrected chi connectivity index (χ3v) is 5.66. The predicted octanol–water partition coefficient (Wildman–Crippen LogP) is 2.64. The quantitative estimate of drug-likeness (QED) is 0.704. The number of hydrogen-bond donors (Lipinski definition) is 2. The van der Waals surface area contributed by atoms with E-state index in [1.807, 2.05) is 49.4 Å². The number of ketones is 1. The van der Waals surface area contributed by atoms with Crippen molar-refractivity contribution in [1.82, 2.24) is 9.55 Å². The minimum atomic E-state index is -0.609. The van der Waals surface area contributed by atoms with E-state index in [9.17, 15) is 14.4 Å². The van der Waals surface area contributed by atoms with Gasteiger partial charge in [-0.25, -0.2) is 4.79 Å². The Kier molecular flexibility index (Phi) is 3.99. The lowest BCUT2D eigenvalue weighted by atomic mass is 9.81. The van der Waals surface area contributed by atoms with Gasteiger partial charge in [-0.15, -0.1) is 0 Å². The molecular formula is C23H19N3O4. The van der Waals surface area contributed by atoms with Crippen molar-refractivity contribution in [2.24, 2.45) is 7.05 Å². The van der Waals surface area contributed by atoms with Crippen LogP contribution >= 0.6 is 0 Å². The summed E-state index contributed by atoms with van der Waals surface area (Å²) in [4.78, 5) is 40.9. The first-order valence-electron chi connectivity index (χ1n) is 9.72. The Morgan fingerprint density at radius 2 is 1.70 bits per heavy atom. The van der Waals surface area contributed by atoms with Crippen LogP contribution in [0.1, 0.15) is 39.9 Å². The van der Waals surface area contributed by atoms with E-state index in [0.717, 1.165) is 11.1 Å². The van der Waals surface area contributed by atoms with Crippen LogP contribution in [0.2, 0.25) is 0 Å². The number of H-pyrrole nitrogens is 1. The first-order valence-corrected chi connectivity index (χ1v) is 9.72. The zero-order chi connectivity index (χ0) is 21.0. The van der Waals surface area contributed by atoms with Crippen LogP contribution in [0.25, 0.3) is 5.70 Å². The monoisotopic (exact) mass is 401 g/mol. The zero-order valence-electron chi connectivity index (χ0n) is 16.5. The Morgan fingerprint density at radius 1 is 1.00 bits per heavy atom. The molecular weight excluding hydrogens is 382 g/mol. The van der Waals surface area contributed by atoms with Crippen molar-refractivity contribution in [3.05, 3.63) is 97.2 Å². The minimum absolute atomic E-state index is 0.120. The van der Waals surface area contributed by atoms with Crippen LogP contribution in [-0.4, -0.2) is 21.9 Å². The van der Waals surface area contributed by atoms with Gasteiger partial charge < -0.3 is 10.1 Å². The summed E-state index contributed by atoms with van der Waals surface area (Å²) >= 11 is 0. The van der Waals surface area contributed by atoms with E-state index in [1.54, 1.807) is 13.1 Å². The van der Waals surface area contributed by atoms with Gasteiger partial charge in [0.2, 0.25) is 0 Å². The van der Waals surface area contributed by atoms with Crippen molar-refractivity contribution >= 4 is 17.3 Å². The van der Waals surface area contributed by atoms with Gasteiger partial charge in [0.05, 0.1) is 17.9 Å². The molecule has 0 amide bonds. The summed E-state index contributed by atoms with van der Waals surface area (Å²) < 4.78 is 6.90. The first-order chi connectivity index (χ1) is 14.5. The van der Waals surface area contributed by atoms with Crippen molar-refractivity contribution in [1.29, 1.82) is 0 Å². The Hall–Kier alpha value is -3.87. The molecule has 5 rings (SSSR count). The number of nitrogens with one attached hydrogen (secondary N) is 2. The maximum Gasteiger partial charge on any atom is 0.329 e. The molecule has 1 aromatic heterocycles. The maximum absolute atomic E-state index is 13.4. The number of nitrogens with zero attached hydrogens (tertiary/aromatic N) is 1. The third-order valence-electron chi connectivity index (χ3n) is 5.66. The molecule has 2 N–H and O–H groups in total. The van der Waals surface area contributed by atoms with E-state index >= 15 is 0 Å². The fourth-order valence-electron chi connectivity index (χ4n) is 4.29. The highest BCUT2D eigenvalue weighted by Gasteiger charge is 2.42. The number of ether oxygens (including phenoxy) is 1. The number of anilines is 1. The van der Waals surface area contributed by atoms with Crippen molar-refractivity contribution < 1.29 is 9.53 Å². The largest absolute Gasteiger partial charge is 0.494 e. The third kappa shape index (κ3) is 2.48. The molecule has 7 nitrogen and oxygen atoms in total. The summed E-state index contributed by atoms with van der Waals surface area (Å²) in [5.41, 5.74) is 2.61. The van der Waals surface area contributed by atoms with E-state index in [2.05, 4.69) is 10.3 Å². The van der Waals surface area contributed by atoms with Crippen LogP contribution in [0.5, 0.6) is 5.75 Å². The summed E-state index contributed by atoms with van der Waals surface area (Å²) in [6.45, 7) is 2.45. The van der Waals surface area contributed by atoms with Crippen LogP contribution in [0.3, 0.4) is 0 Å². The Balaban J connectivity index is 1.79. The Labute approximate surface area is 171 Å². The molecule has 1 atom stereocenters. The van der Waals surface area contributed by atoms with Gasteiger partial charge in [0, 0.05) is 29.7 Å². The van der Waals surface area contributed by atoms with Crippen LogP contribution in [0, 0.1) is 0 Å². The molecule has 2 aliphatic rings. The van der Waals surface area contributed by atoms with E-state index in [1.165, 1.54) is 4.57 Å². The second-order valence-corrected chi connectivity index (χ2v) is 7.30. The van der Waals surface area contributed by atoms with Gasteiger partial charge in [0.25, 0.3) is 5.56 Å². The number of rotatable bonds is 3. The van der Waals surface area contributed by atoms with Gasteiger partial charge in [-0.1, -0.05) is 36.4 Å². The van der Waals surface area contributed by atoms with Gasteiger partial charge >= 0.3 is 5.69 Å². The number of benzene rings is 2. The number of allylic oxidation sites excluding steroid dienone is 1. The Bertz CT molecular complexity index is 1350. The SMILES string of the molecule is CCOc1ccc([C@@H]2C3=C(Nc4c2c(=O)[nH]c(=O)n4C)c2ccccc2C3=O)cc1. The number of aromatic amines is 1. The molecule has 0 saturated heterocycles. The highest BCUT2D eigenvalue weighted by molar-refractivity contribution is 6.23. The number of carbonyl (C=O) groups excluding carboxylic acids is 1. The van der Waals surface area contributed by atoms with E-state index in [0.29, 0.717) is 40.6 Å². The highest BCUT2D eigenvalue weighted by atomic mass is 16.5. The molecule has 30 heavy (non-hydrogen) atoms. The van der Waals surface area contributed by atoms with Gasteiger partial charge in [-0.05, 0) is 24.6 Å². The zero-order valence-corrected chi connectivity index (χ0v) is 16.5. The lowest BCUT2D eigenvalue weighted by Gasteiger charge is -2.29. The van der Waals surface area contributed by atoms with Gasteiger partial charge in [0.1, 0.15) is 11.6 Å². The average molecular weight is 401 g/mol. The summed E-state index contributed by atoms with van der Waals surface area (Å²) in [6, 6.07) is 14.7. The lowest BCUT2D eigenvalue weighted by molar-refractivity contribution is 0.103. The molecule has 0 unspecified atom stereocenters. The molecule has 2 aromatic carbocycles. The van der Waals surface area contributed by atoms with Crippen LogP contribution in [-0.2, 0) is 7.05 Å². The number of fused-ring (bicyclic) bond motifs is 3. The summed E-state index contributed by atoms with van der Waals surface area (Å²) in [5, 5.41) is 3.20. The number of hydrogen-bond acceptors (Lipinski definition) is 5. The fourth-order valence-corrected chi connectivity index (χ4v) is 4.29. The van der Waals surface area contributed by atoms with Crippen molar-refractivity contribution in [2.45, 2.75) is 12.8 Å². The minimum Gasteiger partial charge on any atom is -0.494 e. The molecule has 0 spiro atoms. The fraction of sp³-hybridized carbons (Fsp3) is 0.174. The molecule has 2 heterocycles. The summed E-state index contributed by atoms with van der Waals surface area (Å²) in [5.74, 6) is 0.374. The van der Waals surface area contributed by atoms with Gasteiger partial charge in [-0.2, -0.15) is 0 Å². The Morgan fingerprint density at radius 3 is 2.40 bits per heavy atom. The topological polar surface area (TPSA) is 93.2 Å². The highest BCUT2D eigenvalue weighted by Crippen LogP contribution is 2.47. The van der Waals surface area contributed by atoms with Gasteiger partial charge in [0.15, 0.2) is 5.78 Å². The molecule has 0 saturated carbocycles. The average Bonchev–Trinajstić information content (AvgIpc) is 3.04. The van der Waals surface area contributed by atoms with E-state index in [-0.39, 0.29) is 5.78 Å². The van der Waals surface area contributed by atoms with E-state index < -0.39 is 17.2 Å². The summed E-state index contributed by atoms with van der Waals surface area (Å²) in [7, 11) is 1.59. The van der Waals surface area contributed by atoms with Crippen molar-refractivity contribution in [2.75, 3.05) is 11.9 Å². The second-order valence-electron chi connectivity index (χ2n) is 7.30. The smallest absolute Gasteiger partial charge is 0.329 e. The molecule has 3 aromatic rings. The molecule has 0 fully saturated rings. The summed E-state index contributed by atoms with van der Waals surface area (Å²) in [6.07, 6.45) is 0. The molecule has 150 valence electrons. The van der Waals surface area contributed by atoms with Crippen molar-refractivity contribution in [3.63, 3.8) is 0 Å². The van der Waals surface area contributed by atoms with Crippen LogP contribution in [0.4, 0.5) is 5.82 Å². The molecule has 7 heteroatoms. The number of aromatic nitrogens is 2. The van der Waals surface area contributed by atoms with E-state index in [4.69, 9.17) is 4.74 Å². The molecule has 0 bridgehead atoms. The van der Waals surface area contributed by atoms with Gasteiger partial charge in [-0.3, -0.25) is 19.1 Å². The normalized spacial score (nSPS) is 16.6. The second kappa shape index (κ2) is 6.59. The van der Waals surface area contributed by atoms with Crippen molar-refractivity contribution in [3.8, 4) is 5.75 Å². The number of Topliss-reactive ketones (excluding diaryl/α,β-unsaturated/α-hetero) is 1. The van der Waals surface area contributed by atoms with Crippen LogP contribution in [0.15, 0.2) is 63.7 Å². The first kappa shape index (κ1) is 18.2. The number of carbonyl (C=O) groups is 1.